The van der Waals surface area contributed by atoms with Crippen LogP contribution in [0.4, 0.5) is 0 Å². The Morgan fingerprint density at radius 2 is 2.17 bits per heavy atom. The summed E-state index contributed by atoms with van der Waals surface area (Å²) in [6.45, 7) is 2.63. The summed E-state index contributed by atoms with van der Waals surface area (Å²) >= 11 is 0. The molecule has 122 valence electrons. The average Bonchev–Trinajstić information content (AvgIpc) is 3.10. The topological polar surface area (TPSA) is 80.0 Å². The van der Waals surface area contributed by atoms with E-state index in [2.05, 4.69) is 0 Å². The first-order valence-corrected chi connectivity index (χ1v) is 7.54. The smallest absolute Gasteiger partial charge is 0.308 e. The van der Waals surface area contributed by atoms with Crippen LogP contribution in [0.1, 0.15) is 12.5 Å². The molecule has 2 aromatic rings. The van der Waals surface area contributed by atoms with Crippen molar-refractivity contribution in [2.24, 2.45) is 11.8 Å². The average molecular weight is 317 g/mol. The largest absolute Gasteiger partial charge is 0.497 e. The maximum Gasteiger partial charge on any atom is 0.308 e. The van der Waals surface area contributed by atoms with E-state index in [-0.39, 0.29) is 24.8 Å². The van der Waals surface area contributed by atoms with Gasteiger partial charge in [-0.25, -0.2) is 0 Å². The third kappa shape index (κ3) is 2.88. The number of fused-ring (bicyclic) bond motifs is 1. The third-order valence-electron chi connectivity index (χ3n) is 4.49. The molecule has 1 N–H and O–H groups in total. The van der Waals surface area contributed by atoms with Crippen LogP contribution in [0.15, 0.2) is 28.9 Å². The monoisotopic (exact) mass is 317 g/mol. The predicted octanol–water partition coefficient (Wildman–Crippen LogP) is 2.16. The number of carbonyl (C=O) groups is 2. The van der Waals surface area contributed by atoms with Gasteiger partial charge in [-0.3, -0.25) is 9.59 Å². The van der Waals surface area contributed by atoms with Crippen molar-refractivity contribution >= 4 is 22.8 Å². The zero-order chi connectivity index (χ0) is 16.6. The van der Waals surface area contributed by atoms with E-state index in [1.54, 1.807) is 24.3 Å². The van der Waals surface area contributed by atoms with E-state index in [1.165, 1.54) is 0 Å². The van der Waals surface area contributed by atoms with Crippen LogP contribution in [0.2, 0.25) is 0 Å². The molecule has 3 rings (SSSR count). The second kappa shape index (κ2) is 5.95. The summed E-state index contributed by atoms with van der Waals surface area (Å²) in [5.41, 5.74) is 1.48. The molecule has 1 amide bonds. The van der Waals surface area contributed by atoms with Crippen LogP contribution in [0.3, 0.4) is 0 Å². The van der Waals surface area contributed by atoms with E-state index in [9.17, 15) is 9.59 Å². The molecule has 2 atom stereocenters. The van der Waals surface area contributed by atoms with Gasteiger partial charge in [0.25, 0.3) is 0 Å². The lowest BCUT2D eigenvalue weighted by molar-refractivity contribution is -0.142. The lowest BCUT2D eigenvalue weighted by atomic mass is 9.99. The molecule has 23 heavy (non-hydrogen) atoms. The zero-order valence-corrected chi connectivity index (χ0v) is 13.1. The van der Waals surface area contributed by atoms with Crippen molar-refractivity contribution in [2.75, 3.05) is 20.2 Å². The van der Waals surface area contributed by atoms with Crippen LogP contribution in [0.5, 0.6) is 5.75 Å². The molecule has 1 saturated heterocycles. The van der Waals surface area contributed by atoms with Crippen molar-refractivity contribution in [3.8, 4) is 5.75 Å². The van der Waals surface area contributed by atoms with E-state index in [1.807, 2.05) is 19.1 Å². The molecule has 6 nitrogen and oxygen atoms in total. The van der Waals surface area contributed by atoms with Gasteiger partial charge in [-0.05, 0) is 18.1 Å². The van der Waals surface area contributed by atoms with Crippen LogP contribution in [-0.4, -0.2) is 42.1 Å². The number of carbonyl (C=O) groups excluding carboxylic acids is 1. The van der Waals surface area contributed by atoms with E-state index in [0.717, 1.165) is 10.9 Å². The van der Waals surface area contributed by atoms with E-state index in [0.29, 0.717) is 17.9 Å². The number of ether oxygens (including phenoxy) is 1. The SMILES string of the molecule is COc1ccc2c(CC(=O)N3C[C@@H](C)[C@H](C(=O)O)C3)coc2c1. The molecule has 0 bridgehead atoms. The number of likely N-dealkylation sites (tertiary alicyclic amines) is 1. The fourth-order valence-corrected chi connectivity index (χ4v) is 3.09. The Balaban J connectivity index is 1.75. The molecule has 1 aliphatic rings. The number of aliphatic carboxylic acids is 1. The Kier molecular flexibility index (Phi) is 3.98. The number of hydrogen-bond acceptors (Lipinski definition) is 4. The summed E-state index contributed by atoms with van der Waals surface area (Å²) in [6, 6.07) is 5.47. The second-order valence-corrected chi connectivity index (χ2v) is 6.02. The first kappa shape index (κ1) is 15.4. The number of rotatable bonds is 4. The molecular weight excluding hydrogens is 298 g/mol. The van der Waals surface area contributed by atoms with E-state index in [4.69, 9.17) is 14.3 Å². The first-order chi connectivity index (χ1) is 11.0. The Labute approximate surface area is 133 Å². The standard InChI is InChI=1S/C17H19NO5/c1-10-7-18(8-14(10)17(20)21)16(19)5-11-9-23-15-6-12(22-2)3-4-13(11)15/h3-4,6,9-10,14H,5,7-8H2,1-2H3,(H,20,21)/t10-,14-/m1/s1. The van der Waals surface area contributed by atoms with Crippen LogP contribution < -0.4 is 4.74 Å². The lowest BCUT2D eigenvalue weighted by Gasteiger charge is -2.15. The lowest BCUT2D eigenvalue weighted by Crippen LogP contribution is -2.31. The number of furan rings is 1. The summed E-state index contributed by atoms with van der Waals surface area (Å²) in [5.74, 6) is -0.721. The van der Waals surface area contributed by atoms with Crippen LogP contribution >= 0.6 is 0 Å². The van der Waals surface area contributed by atoms with Gasteiger partial charge in [-0.15, -0.1) is 0 Å². The molecule has 2 heterocycles. The summed E-state index contributed by atoms with van der Waals surface area (Å²) in [5, 5.41) is 10.0. The minimum atomic E-state index is -0.839. The number of methoxy groups -OCH3 is 1. The van der Waals surface area contributed by atoms with Crippen LogP contribution in [0.25, 0.3) is 11.0 Å². The zero-order valence-electron chi connectivity index (χ0n) is 13.1. The van der Waals surface area contributed by atoms with Gasteiger partial charge < -0.3 is 19.2 Å². The van der Waals surface area contributed by atoms with Gasteiger partial charge in [-0.2, -0.15) is 0 Å². The summed E-state index contributed by atoms with van der Waals surface area (Å²) in [6.07, 6.45) is 1.79. The first-order valence-electron chi connectivity index (χ1n) is 7.54. The fourth-order valence-electron chi connectivity index (χ4n) is 3.09. The van der Waals surface area contributed by atoms with Crippen LogP contribution in [-0.2, 0) is 16.0 Å². The van der Waals surface area contributed by atoms with Gasteiger partial charge in [-0.1, -0.05) is 6.92 Å². The number of amides is 1. The Morgan fingerprint density at radius 1 is 1.39 bits per heavy atom. The van der Waals surface area contributed by atoms with Gasteiger partial charge >= 0.3 is 5.97 Å². The molecular formula is C17H19NO5. The van der Waals surface area contributed by atoms with E-state index >= 15 is 0 Å². The van der Waals surface area contributed by atoms with Crippen molar-refractivity contribution in [2.45, 2.75) is 13.3 Å². The normalized spacial score (nSPS) is 20.9. The molecule has 1 aliphatic heterocycles. The van der Waals surface area contributed by atoms with Gasteiger partial charge in [0.1, 0.15) is 11.3 Å². The molecule has 1 fully saturated rings. The van der Waals surface area contributed by atoms with Crippen molar-refractivity contribution in [1.29, 1.82) is 0 Å². The highest BCUT2D eigenvalue weighted by atomic mass is 16.5. The van der Waals surface area contributed by atoms with Crippen molar-refractivity contribution in [3.05, 3.63) is 30.0 Å². The van der Waals surface area contributed by atoms with Gasteiger partial charge in [0.2, 0.25) is 5.91 Å². The van der Waals surface area contributed by atoms with Gasteiger partial charge in [0.05, 0.1) is 25.7 Å². The summed E-state index contributed by atoms with van der Waals surface area (Å²) in [4.78, 5) is 25.3. The predicted molar refractivity (Wildman–Crippen MR) is 83.3 cm³/mol. The molecule has 0 saturated carbocycles. The number of hydrogen-bond donors (Lipinski definition) is 1. The third-order valence-corrected chi connectivity index (χ3v) is 4.49. The number of nitrogens with zero attached hydrogens (tertiary/aromatic N) is 1. The molecule has 0 unspecified atom stereocenters. The van der Waals surface area contributed by atoms with Gasteiger partial charge in [0.15, 0.2) is 0 Å². The molecule has 0 aliphatic carbocycles. The minimum absolute atomic E-state index is 0.0261. The van der Waals surface area contributed by atoms with Gasteiger partial charge in [0, 0.05) is 30.1 Å². The molecule has 0 spiro atoms. The quantitative estimate of drug-likeness (QED) is 0.934. The van der Waals surface area contributed by atoms with Crippen LogP contribution in [0, 0.1) is 11.8 Å². The Morgan fingerprint density at radius 3 is 2.83 bits per heavy atom. The second-order valence-electron chi connectivity index (χ2n) is 6.02. The number of carboxylic acids is 1. The van der Waals surface area contributed by atoms with E-state index < -0.39 is 11.9 Å². The highest BCUT2D eigenvalue weighted by molar-refractivity contribution is 5.88. The van der Waals surface area contributed by atoms with Crippen molar-refractivity contribution in [3.63, 3.8) is 0 Å². The Hall–Kier alpha value is -2.50. The highest BCUT2D eigenvalue weighted by Crippen LogP contribution is 2.28. The molecule has 6 heteroatoms. The fraction of sp³-hybridized carbons (Fsp3) is 0.412. The number of benzene rings is 1. The Bertz CT molecular complexity index is 751. The highest BCUT2D eigenvalue weighted by Gasteiger charge is 2.36. The summed E-state index contributed by atoms with van der Waals surface area (Å²) in [7, 11) is 1.59. The molecule has 0 radical (unpaired) electrons. The molecule has 1 aromatic carbocycles. The van der Waals surface area contributed by atoms with Crippen molar-refractivity contribution < 1.29 is 23.8 Å². The minimum Gasteiger partial charge on any atom is -0.497 e. The molecule has 1 aromatic heterocycles. The maximum atomic E-state index is 12.5. The van der Waals surface area contributed by atoms with Crippen molar-refractivity contribution in [1.82, 2.24) is 4.90 Å². The summed E-state index contributed by atoms with van der Waals surface area (Å²) < 4.78 is 10.6. The maximum absolute atomic E-state index is 12.5. The number of carboxylic acid groups (broad SMARTS) is 1.